The summed E-state index contributed by atoms with van der Waals surface area (Å²) in [6.07, 6.45) is -4.72. The highest BCUT2D eigenvalue weighted by molar-refractivity contribution is 7.91. The van der Waals surface area contributed by atoms with E-state index >= 15 is 0 Å². The van der Waals surface area contributed by atoms with Crippen molar-refractivity contribution >= 4 is 44.8 Å². The predicted molar refractivity (Wildman–Crippen MR) is 135 cm³/mol. The molecule has 37 heavy (non-hydrogen) atoms. The zero-order valence-corrected chi connectivity index (χ0v) is 22.1. The molecule has 0 fully saturated rings. The standard InChI is InChI=1S/C23H25Cl2F3N4O4S/c1-32(12-15-2-4-16(5-3-15)22-30-6-7-31-22)20(33)13-36-9-8-29-14-37(34,35)21-18(24)10-17(11-19(21)25)23(26,27)28/h2-5,10-11,29H,6-9,12-14H2,1H3,(H,30,31). The molecule has 1 heterocycles. The average Bonchev–Trinajstić information content (AvgIpc) is 3.35. The van der Waals surface area contributed by atoms with Crippen LogP contribution < -0.4 is 10.6 Å². The fourth-order valence-electron chi connectivity index (χ4n) is 3.43. The molecule has 8 nitrogen and oxygen atoms in total. The number of likely N-dealkylation sites (N-methyl/N-ethyl adjacent to an activating group) is 1. The lowest BCUT2D eigenvalue weighted by Gasteiger charge is -2.18. The largest absolute Gasteiger partial charge is 0.416 e. The van der Waals surface area contributed by atoms with Crippen LogP contribution in [0.5, 0.6) is 0 Å². The molecule has 0 aromatic heterocycles. The fraction of sp³-hybridized carbons (Fsp3) is 0.391. The number of amides is 1. The van der Waals surface area contributed by atoms with Gasteiger partial charge in [0.15, 0.2) is 9.84 Å². The molecule has 0 bridgehead atoms. The number of nitrogens with zero attached hydrogens (tertiary/aromatic N) is 2. The summed E-state index contributed by atoms with van der Waals surface area (Å²) in [5.74, 6) is -0.0364. The third-order valence-electron chi connectivity index (χ3n) is 5.32. The Balaban J connectivity index is 1.40. The second-order valence-corrected chi connectivity index (χ2v) is 10.9. The number of carbonyl (C=O) groups is 1. The molecule has 202 valence electrons. The quantitative estimate of drug-likeness (QED) is 0.395. The number of amidine groups is 1. The molecule has 0 unspecified atom stereocenters. The van der Waals surface area contributed by atoms with Gasteiger partial charge in [0.2, 0.25) is 5.91 Å². The van der Waals surface area contributed by atoms with Crippen molar-refractivity contribution in [1.29, 1.82) is 0 Å². The minimum absolute atomic E-state index is 0.0212. The first-order chi connectivity index (χ1) is 17.4. The van der Waals surface area contributed by atoms with Gasteiger partial charge in [0.1, 0.15) is 23.2 Å². The lowest BCUT2D eigenvalue weighted by atomic mass is 10.1. The minimum atomic E-state index is -4.72. The van der Waals surface area contributed by atoms with Gasteiger partial charge in [-0.05, 0) is 17.7 Å². The summed E-state index contributed by atoms with van der Waals surface area (Å²) in [7, 11) is -2.49. The van der Waals surface area contributed by atoms with E-state index in [1.54, 1.807) is 7.05 Å². The van der Waals surface area contributed by atoms with Crippen LogP contribution in [0, 0.1) is 0 Å². The SMILES string of the molecule is CN(Cc1ccc(C2=NCCN2)cc1)C(=O)COCCNCS(=O)(=O)c1c(Cl)cc(C(F)(F)F)cc1Cl. The summed E-state index contributed by atoms with van der Waals surface area (Å²) in [5, 5.41) is 4.56. The molecule has 1 amide bonds. The lowest BCUT2D eigenvalue weighted by molar-refractivity contribution is -0.137. The van der Waals surface area contributed by atoms with Crippen LogP contribution in [0.2, 0.25) is 10.0 Å². The Morgan fingerprint density at radius 3 is 2.41 bits per heavy atom. The normalized spacial score (nSPS) is 13.8. The Bertz CT molecular complexity index is 1230. The third kappa shape index (κ3) is 8.05. The summed E-state index contributed by atoms with van der Waals surface area (Å²) >= 11 is 11.6. The highest BCUT2D eigenvalue weighted by Gasteiger charge is 2.33. The summed E-state index contributed by atoms with van der Waals surface area (Å²) in [6.45, 7) is 1.83. The van der Waals surface area contributed by atoms with Gasteiger partial charge in [0.25, 0.3) is 0 Å². The van der Waals surface area contributed by atoms with Gasteiger partial charge >= 0.3 is 6.18 Å². The van der Waals surface area contributed by atoms with Crippen molar-refractivity contribution in [2.45, 2.75) is 17.6 Å². The molecule has 0 saturated carbocycles. The summed E-state index contributed by atoms with van der Waals surface area (Å²) < 4.78 is 68.9. The molecular formula is C23H25Cl2F3N4O4S. The zero-order chi connectivity index (χ0) is 27.2. The molecule has 0 saturated heterocycles. The maximum absolute atomic E-state index is 12.9. The van der Waals surface area contributed by atoms with Gasteiger partial charge in [-0.3, -0.25) is 9.79 Å². The van der Waals surface area contributed by atoms with Crippen molar-refractivity contribution in [3.05, 3.63) is 63.1 Å². The van der Waals surface area contributed by atoms with Crippen molar-refractivity contribution in [3.63, 3.8) is 0 Å². The van der Waals surface area contributed by atoms with Crippen LogP contribution in [-0.2, 0) is 32.1 Å². The number of nitrogens with one attached hydrogen (secondary N) is 2. The Labute approximate surface area is 222 Å². The van der Waals surface area contributed by atoms with Crippen LogP contribution in [0.25, 0.3) is 0 Å². The Morgan fingerprint density at radius 2 is 1.84 bits per heavy atom. The van der Waals surface area contributed by atoms with Gasteiger partial charge in [-0.25, -0.2) is 8.42 Å². The van der Waals surface area contributed by atoms with E-state index in [2.05, 4.69) is 15.6 Å². The number of hydrogen-bond donors (Lipinski definition) is 2. The van der Waals surface area contributed by atoms with Crippen LogP contribution in [0.1, 0.15) is 16.7 Å². The molecule has 1 aliphatic rings. The molecule has 2 aromatic rings. The monoisotopic (exact) mass is 580 g/mol. The first-order valence-electron chi connectivity index (χ1n) is 11.1. The van der Waals surface area contributed by atoms with Gasteiger partial charge in [-0.1, -0.05) is 47.5 Å². The van der Waals surface area contributed by atoms with Gasteiger partial charge in [0, 0.05) is 32.2 Å². The van der Waals surface area contributed by atoms with E-state index < -0.39 is 42.4 Å². The highest BCUT2D eigenvalue weighted by Crippen LogP contribution is 2.38. The van der Waals surface area contributed by atoms with Gasteiger partial charge < -0.3 is 20.3 Å². The van der Waals surface area contributed by atoms with Crippen LogP contribution in [0.3, 0.4) is 0 Å². The molecule has 0 atom stereocenters. The molecule has 1 aliphatic heterocycles. The van der Waals surface area contributed by atoms with Gasteiger partial charge in [-0.15, -0.1) is 0 Å². The highest BCUT2D eigenvalue weighted by atomic mass is 35.5. The number of alkyl halides is 3. The summed E-state index contributed by atoms with van der Waals surface area (Å²) in [5.41, 5.74) is 0.771. The molecule has 0 spiro atoms. The maximum Gasteiger partial charge on any atom is 0.416 e. The summed E-state index contributed by atoms with van der Waals surface area (Å²) in [6, 6.07) is 8.74. The third-order valence-corrected chi connectivity index (χ3v) is 7.79. The van der Waals surface area contributed by atoms with Crippen LogP contribution in [0.15, 0.2) is 46.3 Å². The lowest BCUT2D eigenvalue weighted by Crippen LogP contribution is -2.32. The zero-order valence-electron chi connectivity index (χ0n) is 19.7. The van der Waals surface area contributed by atoms with E-state index in [9.17, 15) is 26.4 Å². The first kappa shape index (κ1) is 29.2. The van der Waals surface area contributed by atoms with Crippen molar-refractivity contribution in [3.8, 4) is 0 Å². The van der Waals surface area contributed by atoms with E-state index in [0.29, 0.717) is 18.7 Å². The molecule has 3 rings (SSSR count). The number of ether oxygens (including phenoxy) is 1. The Morgan fingerprint density at radius 1 is 1.19 bits per heavy atom. The van der Waals surface area contributed by atoms with Crippen molar-refractivity contribution in [2.75, 3.05) is 45.8 Å². The van der Waals surface area contributed by atoms with E-state index in [-0.39, 0.29) is 25.7 Å². The van der Waals surface area contributed by atoms with Crippen LogP contribution in [0.4, 0.5) is 13.2 Å². The number of aliphatic imine (C=N–C) groups is 1. The fourth-order valence-corrected chi connectivity index (χ4v) is 5.90. The number of benzene rings is 2. The summed E-state index contributed by atoms with van der Waals surface area (Å²) in [4.78, 5) is 17.6. The topological polar surface area (TPSA) is 100 Å². The van der Waals surface area contributed by atoms with E-state index in [1.807, 2.05) is 24.3 Å². The van der Waals surface area contributed by atoms with E-state index in [4.69, 9.17) is 27.9 Å². The number of rotatable bonds is 11. The first-order valence-corrected chi connectivity index (χ1v) is 13.5. The maximum atomic E-state index is 12.9. The number of hydrogen-bond acceptors (Lipinski definition) is 7. The predicted octanol–water partition coefficient (Wildman–Crippen LogP) is 3.36. The molecule has 2 N–H and O–H groups in total. The van der Waals surface area contributed by atoms with Crippen LogP contribution in [-0.4, -0.2) is 70.8 Å². The Kier molecular flexibility index (Phi) is 9.81. The van der Waals surface area contributed by atoms with Crippen molar-refractivity contribution < 1.29 is 31.1 Å². The number of halogens is 5. The Hall–Kier alpha value is -2.38. The molecule has 2 aromatic carbocycles. The van der Waals surface area contributed by atoms with E-state index in [0.717, 1.165) is 30.1 Å². The van der Waals surface area contributed by atoms with Gasteiger partial charge in [-0.2, -0.15) is 13.2 Å². The van der Waals surface area contributed by atoms with Gasteiger partial charge in [0.05, 0.1) is 28.8 Å². The second kappa shape index (κ2) is 12.4. The van der Waals surface area contributed by atoms with E-state index in [1.165, 1.54) is 4.90 Å². The molecule has 14 heteroatoms. The molecular weight excluding hydrogens is 556 g/mol. The van der Waals surface area contributed by atoms with Crippen LogP contribution >= 0.6 is 23.2 Å². The number of carbonyl (C=O) groups excluding carboxylic acids is 1. The molecule has 0 radical (unpaired) electrons. The average molecular weight is 581 g/mol. The molecule has 0 aliphatic carbocycles. The smallest absolute Gasteiger partial charge is 0.370 e. The minimum Gasteiger partial charge on any atom is -0.370 e. The second-order valence-electron chi connectivity index (χ2n) is 8.18. The van der Waals surface area contributed by atoms with Crippen molar-refractivity contribution in [2.24, 2.45) is 4.99 Å². The number of sulfone groups is 1. The van der Waals surface area contributed by atoms with Crippen molar-refractivity contribution in [1.82, 2.24) is 15.5 Å².